The maximum Gasteiger partial charge on any atom is 0.0571 e. The molecule has 3 nitrogen and oxygen atoms in total. The van der Waals surface area contributed by atoms with Crippen molar-refractivity contribution in [2.75, 3.05) is 7.05 Å². The number of nitrogens with one attached hydrogen (secondary N) is 1. The molecule has 0 atom stereocenters. The van der Waals surface area contributed by atoms with Crippen molar-refractivity contribution in [3.63, 3.8) is 0 Å². The van der Waals surface area contributed by atoms with Crippen molar-refractivity contribution >= 4 is 0 Å². The summed E-state index contributed by atoms with van der Waals surface area (Å²) < 4.78 is 2.03. The second-order valence-electron chi connectivity index (χ2n) is 4.19. The fourth-order valence-electron chi connectivity index (χ4n) is 2.10. The van der Waals surface area contributed by atoms with Gasteiger partial charge in [-0.05, 0) is 38.1 Å². The second-order valence-corrected chi connectivity index (χ2v) is 4.19. The van der Waals surface area contributed by atoms with Crippen molar-refractivity contribution in [1.29, 1.82) is 0 Å². The molecule has 17 heavy (non-hydrogen) atoms. The first kappa shape index (κ1) is 11.9. The molecule has 0 saturated heterocycles. The zero-order valence-electron chi connectivity index (χ0n) is 10.7. The van der Waals surface area contributed by atoms with E-state index < -0.39 is 0 Å². The molecule has 0 aliphatic heterocycles. The number of aromatic nitrogens is 2. The average molecular weight is 229 g/mol. The van der Waals surface area contributed by atoms with Gasteiger partial charge in [0.2, 0.25) is 0 Å². The molecule has 0 aliphatic carbocycles. The lowest BCUT2D eigenvalue weighted by atomic mass is 10.0. The van der Waals surface area contributed by atoms with Crippen LogP contribution in [0.5, 0.6) is 0 Å². The van der Waals surface area contributed by atoms with Gasteiger partial charge in [-0.25, -0.2) is 0 Å². The first-order valence-corrected chi connectivity index (χ1v) is 6.02. The Labute approximate surface area is 102 Å². The molecule has 0 radical (unpaired) electrons. The minimum Gasteiger partial charge on any atom is -0.316 e. The Morgan fingerprint density at radius 1 is 1.35 bits per heavy atom. The Balaban J connectivity index is 2.38. The van der Waals surface area contributed by atoms with E-state index in [-0.39, 0.29) is 0 Å². The molecule has 0 unspecified atom stereocenters. The van der Waals surface area contributed by atoms with Crippen molar-refractivity contribution in [3.8, 4) is 11.1 Å². The number of hydrogen-bond donors (Lipinski definition) is 1. The van der Waals surface area contributed by atoms with Crippen molar-refractivity contribution in [2.24, 2.45) is 0 Å². The molecule has 3 heteroatoms. The summed E-state index contributed by atoms with van der Waals surface area (Å²) in [5, 5.41) is 7.56. The van der Waals surface area contributed by atoms with Gasteiger partial charge in [0.15, 0.2) is 0 Å². The summed E-state index contributed by atoms with van der Waals surface area (Å²) in [6.45, 7) is 6.05. The van der Waals surface area contributed by atoms with Gasteiger partial charge in [0, 0.05) is 24.3 Å². The van der Waals surface area contributed by atoms with E-state index in [1.54, 1.807) is 0 Å². The van der Waals surface area contributed by atoms with Crippen LogP contribution >= 0.6 is 0 Å². The molecule has 0 amide bonds. The predicted octanol–water partition coefficient (Wildman–Crippen LogP) is 2.60. The van der Waals surface area contributed by atoms with E-state index in [9.17, 15) is 0 Å². The number of nitrogens with zero attached hydrogens (tertiary/aromatic N) is 2. The lowest BCUT2D eigenvalue weighted by Crippen LogP contribution is -2.04. The lowest BCUT2D eigenvalue weighted by molar-refractivity contribution is 0.640. The van der Waals surface area contributed by atoms with Crippen molar-refractivity contribution in [2.45, 2.75) is 26.9 Å². The third-order valence-electron chi connectivity index (χ3n) is 3.02. The fraction of sp³-hybridized carbons (Fsp3) is 0.357. The Kier molecular flexibility index (Phi) is 3.59. The van der Waals surface area contributed by atoms with Crippen LogP contribution in [0.2, 0.25) is 0 Å². The van der Waals surface area contributed by atoms with E-state index in [4.69, 9.17) is 0 Å². The topological polar surface area (TPSA) is 29.9 Å². The molecule has 90 valence electrons. The minimum absolute atomic E-state index is 0.898. The third-order valence-corrected chi connectivity index (χ3v) is 3.02. The van der Waals surface area contributed by atoms with E-state index in [0.29, 0.717) is 0 Å². The number of rotatable bonds is 4. The van der Waals surface area contributed by atoms with Gasteiger partial charge in [-0.15, -0.1) is 0 Å². The highest BCUT2D eigenvalue weighted by atomic mass is 15.3. The van der Waals surface area contributed by atoms with Gasteiger partial charge in [-0.2, -0.15) is 5.10 Å². The first-order chi connectivity index (χ1) is 8.26. The van der Waals surface area contributed by atoms with Crippen molar-refractivity contribution in [3.05, 3.63) is 41.7 Å². The Hall–Kier alpha value is -1.61. The van der Waals surface area contributed by atoms with Crippen LogP contribution in [0, 0.1) is 6.92 Å². The summed E-state index contributed by atoms with van der Waals surface area (Å²) in [6, 6.07) is 8.61. The van der Waals surface area contributed by atoms with Gasteiger partial charge >= 0.3 is 0 Å². The second kappa shape index (κ2) is 5.15. The average Bonchev–Trinajstić information content (AvgIpc) is 2.71. The molecule has 1 heterocycles. The van der Waals surface area contributed by atoms with Gasteiger partial charge in [-0.3, -0.25) is 4.68 Å². The molecule has 1 aromatic heterocycles. The summed E-state index contributed by atoms with van der Waals surface area (Å²) in [6.07, 6.45) is 1.96. The fourth-order valence-corrected chi connectivity index (χ4v) is 2.10. The Morgan fingerprint density at radius 3 is 2.82 bits per heavy atom. The number of aryl methyl sites for hydroxylation is 1. The van der Waals surface area contributed by atoms with Crippen LogP contribution in [0.1, 0.15) is 18.2 Å². The zero-order chi connectivity index (χ0) is 12.3. The molecule has 2 rings (SSSR count). The highest BCUT2D eigenvalue weighted by Crippen LogP contribution is 2.23. The highest BCUT2D eigenvalue weighted by Gasteiger charge is 2.07. The first-order valence-electron chi connectivity index (χ1n) is 6.02. The van der Waals surface area contributed by atoms with Gasteiger partial charge in [0.1, 0.15) is 0 Å². The third kappa shape index (κ3) is 2.39. The molecule has 0 fully saturated rings. The van der Waals surface area contributed by atoms with Crippen molar-refractivity contribution in [1.82, 2.24) is 15.1 Å². The van der Waals surface area contributed by atoms with Crippen LogP contribution in [0.15, 0.2) is 30.5 Å². The number of benzene rings is 1. The molecule has 1 N–H and O–H groups in total. The van der Waals surface area contributed by atoms with Crippen LogP contribution in [0.4, 0.5) is 0 Å². The summed E-state index contributed by atoms with van der Waals surface area (Å²) in [4.78, 5) is 0. The van der Waals surface area contributed by atoms with Gasteiger partial charge in [0.25, 0.3) is 0 Å². The van der Waals surface area contributed by atoms with Crippen LogP contribution in [-0.2, 0) is 13.1 Å². The maximum atomic E-state index is 4.39. The molecule has 0 aliphatic rings. The number of hydrogen-bond acceptors (Lipinski definition) is 2. The standard InChI is InChI=1S/C14H19N3/c1-4-17-11(2)14(10-16-17)13-7-5-6-12(8-13)9-15-3/h5-8,10,15H,4,9H2,1-3H3. The monoisotopic (exact) mass is 229 g/mol. The molecular weight excluding hydrogens is 210 g/mol. The summed E-state index contributed by atoms with van der Waals surface area (Å²) in [7, 11) is 1.97. The maximum absolute atomic E-state index is 4.39. The minimum atomic E-state index is 0.898. The summed E-state index contributed by atoms with van der Waals surface area (Å²) in [5.41, 5.74) is 5.00. The molecular formula is C14H19N3. The van der Waals surface area contributed by atoms with Gasteiger partial charge < -0.3 is 5.32 Å². The van der Waals surface area contributed by atoms with E-state index in [1.807, 2.05) is 17.9 Å². The van der Waals surface area contributed by atoms with Crippen molar-refractivity contribution < 1.29 is 0 Å². The van der Waals surface area contributed by atoms with Crippen LogP contribution < -0.4 is 5.32 Å². The van der Waals surface area contributed by atoms with E-state index in [0.717, 1.165) is 13.1 Å². The van der Waals surface area contributed by atoms with Gasteiger partial charge in [-0.1, -0.05) is 18.2 Å². The molecule has 0 spiro atoms. The Bertz CT molecular complexity index is 500. The Morgan fingerprint density at radius 2 is 2.18 bits per heavy atom. The normalized spacial score (nSPS) is 10.8. The molecule has 1 aromatic carbocycles. The largest absolute Gasteiger partial charge is 0.316 e. The van der Waals surface area contributed by atoms with Crippen LogP contribution in [0.3, 0.4) is 0 Å². The van der Waals surface area contributed by atoms with Crippen LogP contribution in [-0.4, -0.2) is 16.8 Å². The molecule has 0 saturated carbocycles. The van der Waals surface area contributed by atoms with E-state index in [1.165, 1.54) is 22.4 Å². The zero-order valence-corrected chi connectivity index (χ0v) is 10.7. The predicted molar refractivity (Wildman–Crippen MR) is 70.8 cm³/mol. The summed E-state index contributed by atoms with van der Waals surface area (Å²) in [5.74, 6) is 0. The lowest BCUT2D eigenvalue weighted by Gasteiger charge is -2.05. The quantitative estimate of drug-likeness (QED) is 0.873. The smallest absolute Gasteiger partial charge is 0.0571 e. The van der Waals surface area contributed by atoms with E-state index in [2.05, 4.69) is 48.5 Å². The van der Waals surface area contributed by atoms with Crippen LogP contribution in [0.25, 0.3) is 11.1 Å². The van der Waals surface area contributed by atoms with E-state index >= 15 is 0 Å². The van der Waals surface area contributed by atoms with Gasteiger partial charge in [0.05, 0.1) is 6.20 Å². The molecule has 0 bridgehead atoms. The summed E-state index contributed by atoms with van der Waals surface area (Å²) >= 11 is 0. The molecule has 2 aromatic rings. The highest BCUT2D eigenvalue weighted by molar-refractivity contribution is 5.65. The SMILES string of the molecule is CCn1ncc(-c2cccc(CNC)c2)c1C.